The molecule has 0 radical (unpaired) electrons. The molecular formula is C27H30F4N3O10P. The SMILES string of the molecule is CC(CCC(=O)O)C(=O)NC(Cc1ccc(C(F)(F)C(=O)O)cc1)C(=O)NC(Cc1ccc(C(F)(F)P(=O)(O)O)cc1)C(N)=O. The molecule has 0 aliphatic heterocycles. The third kappa shape index (κ3) is 9.83. The molecule has 13 nitrogen and oxygen atoms in total. The smallest absolute Gasteiger partial charge is 0.399 e. The van der Waals surface area contributed by atoms with E-state index in [1.807, 2.05) is 0 Å². The van der Waals surface area contributed by atoms with Gasteiger partial charge in [-0.2, -0.15) is 17.6 Å². The topological polar surface area (TPSA) is 233 Å². The van der Waals surface area contributed by atoms with Gasteiger partial charge in [-0.3, -0.25) is 23.7 Å². The highest BCUT2D eigenvalue weighted by Crippen LogP contribution is 2.59. The fraction of sp³-hybridized carbons (Fsp3) is 0.370. The predicted octanol–water partition coefficient (Wildman–Crippen LogP) is 1.83. The Morgan fingerprint density at radius 2 is 1.24 bits per heavy atom. The van der Waals surface area contributed by atoms with E-state index in [4.69, 9.17) is 25.7 Å². The maximum Gasteiger partial charge on any atom is 0.399 e. The number of rotatable bonds is 16. The lowest BCUT2D eigenvalue weighted by molar-refractivity contribution is -0.166. The van der Waals surface area contributed by atoms with Crippen molar-refractivity contribution in [3.05, 3.63) is 70.8 Å². The van der Waals surface area contributed by atoms with Gasteiger partial charge in [-0.1, -0.05) is 55.5 Å². The largest absolute Gasteiger partial charge is 0.481 e. The van der Waals surface area contributed by atoms with Crippen LogP contribution in [-0.4, -0.2) is 61.7 Å². The van der Waals surface area contributed by atoms with Gasteiger partial charge in [0.25, 0.3) is 0 Å². The standard InChI is InChI=1S/C27H30F4N3O10P/c1-14(2-11-21(35)36)23(38)34-20(13-16-3-7-17(8-4-16)26(28,29)25(40)41)24(39)33-19(22(32)37)12-15-5-9-18(10-6-15)27(30,31)45(42,43)44/h3-10,14,19-20H,2,11-13H2,1H3,(H2,32,37)(H,33,39)(H,34,38)(H,35,36)(H,40,41)(H2,42,43,44). The van der Waals surface area contributed by atoms with E-state index >= 15 is 0 Å². The molecule has 2 aromatic rings. The number of benzene rings is 2. The first kappa shape index (κ1) is 36.8. The second kappa shape index (κ2) is 14.6. The number of amides is 3. The summed E-state index contributed by atoms with van der Waals surface area (Å²) >= 11 is 0. The number of carbonyl (C=O) groups is 5. The number of halogens is 4. The summed E-state index contributed by atoms with van der Waals surface area (Å²) < 4.78 is 66.7. The number of carboxylic acid groups (broad SMARTS) is 2. The Hall–Kier alpha value is -4.34. The summed E-state index contributed by atoms with van der Waals surface area (Å²) in [5.41, 5.74) is -0.634. The Balaban J connectivity index is 2.30. The molecule has 18 heteroatoms. The van der Waals surface area contributed by atoms with E-state index < -0.39 is 78.0 Å². The van der Waals surface area contributed by atoms with Gasteiger partial charge >= 0.3 is 31.1 Å². The number of hydrogen-bond donors (Lipinski definition) is 7. The second-order valence-corrected chi connectivity index (χ2v) is 11.8. The van der Waals surface area contributed by atoms with Gasteiger partial charge in [0.1, 0.15) is 12.1 Å². The summed E-state index contributed by atoms with van der Waals surface area (Å²) in [6.07, 6.45) is -1.21. The van der Waals surface area contributed by atoms with Crippen LogP contribution in [0.4, 0.5) is 17.6 Å². The molecular weight excluding hydrogens is 633 g/mol. The number of nitrogens with two attached hydrogens (primary N) is 1. The first-order valence-corrected chi connectivity index (χ1v) is 14.6. The van der Waals surface area contributed by atoms with Gasteiger partial charge in [0.15, 0.2) is 0 Å². The summed E-state index contributed by atoms with van der Waals surface area (Å²) in [6, 6.07) is 4.30. The van der Waals surface area contributed by atoms with Crippen molar-refractivity contribution in [1.82, 2.24) is 10.6 Å². The van der Waals surface area contributed by atoms with Gasteiger partial charge < -0.3 is 36.4 Å². The maximum atomic E-state index is 14.0. The molecule has 0 aliphatic rings. The molecule has 2 aromatic carbocycles. The molecule has 0 fully saturated rings. The van der Waals surface area contributed by atoms with Gasteiger partial charge in [0.05, 0.1) is 0 Å². The van der Waals surface area contributed by atoms with E-state index in [-0.39, 0.29) is 36.8 Å². The molecule has 3 unspecified atom stereocenters. The fourth-order valence-electron chi connectivity index (χ4n) is 3.94. The van der Waals surface area contributed by atoms with Crippen molar-refractivity contribution in [1.29, 1.82) is 0 Å². The van der Waals surface area contributed by atoms with Crippen LogP contribution in [0.1, 0.15) is 42.0 Å². The number of primary amides is 1. The molecule has 0 saturated carbocycles. The van der Waals surface area contributed by atoms with Crippen LogP contribution in [0.15, 0.2) is 48.5 Å². The highest BCUT2D eigenvalue weighted by Gasteiger charge is 2.50. The normalized spacial score (nSPS) is 14.1. The summed E-state index contributed by atoms with van der Waals surface area (Å²) in [5.74, 6) is -11.5. The molecule has 3 atom stereocenters. The lowest BCUT2D eigenvalue weighted by Crippen LogP contribution is -2.55. The molecule has 8 N–H and O–H groups in total. The van der Waals surface area contributed by atoms with E-state index in [1.54, 1.807) is 0 Å². The number of nitrogens with one attached hydrogen (secondary N) is 2. The van der Waals surface area contributed by atoms with E-state index in [2.05, 4.69) is 10.6 Å². The van der Waals surface area contributed by atoms with E-state index in [1.165, 1.54) is 6.92 Å². The molecule has 246 valence electrons. The third-order valence-electron chi connectivity index (χ3n) is 6.66. The van der Waals surface area contributed by atoms with Crippen molar-refractivity contribution in [2.24, 2.45) is 11.7 Å². The number of alkyl halides is 4. The summed E-state index contributed by atoms with van der Waals surface area (Å²) in [4.78, 5) is 77.7. The number of hydrogen-bond acceptors (Lipinski definition) is 6. The van der Waals surface area contributed by atoms with Crippen molar-refractivity contribution >= 4 is 37.3 Å². The van der Waals surface area contributed by atoms with Gasteiger partial charge in [0.2, 0.25) is 17.7 Å². The molecule has 45 heavy (non-hydrogen) atoms. The minimum atomic E-state index is -5.84. The van der Waals surface area contributed by atoms with Gasteiger partial charge in [-0.25, -0.2) is 4.79 Å². The first-order chi connectivity index (χ1) is 20.7. The van der Waals surface area contributed by atoms with Crippen LogP contribution in [0.5, 0.6) is 0 Å². The summed E-state index contributed by atoms with van der Waals surface area (Å²) in [6.45, 7) is 1.39. The van der Waals surface area contributed by atoms with Crippen molar-refractivity contribution < 1.29 is 66.1 Å². The van der Waals surface area contributed by atoms with Crippen LogP contribution in [0.25, 0.3) is 0 Å². The van der Waals surface area contributed by atoms with E-state index in [9.17, 15) is 46.1 Å². The molecule has 2 rings (SSSR count). The van der Waals surface area contributed by atoms with Crippen molar-refractivity contribution in [3.8, 4) is 0 Å². The fourth-order valence-corrected chi connectivity index (χ4v) is 4.43. The van der Waals surface area contributed by atoms with E-state index in [0.29, 0.717) is 12.1 Å². The average molecular weight is 664 g/mol. The number of carboxylic acids is 2. The first-order valence-electron chi connectivity index (χ1n) is 13.0. The van der Waals surface area contributed by atoms with Crippen LogP contribution >= 0.6 is 7.60 Å². The number of aliphatic carboxylic acids is 2. The average Bonchev–Trinajstić information content (AvgIpc) is 2.94. The van der Waals surface area contributed by atoms with Crippen molar-refractivity contribution in [2.75, 3.05) is 0 Å². The summed E-state index contributed by atoms with van der Waals surface area (Å²) in [5, 5.41) is 22.3. The van der Waals surface area contributed by atoms with Crippen LogP contribution in [-0.2, 0) is 53.0 Å². The van der Waals surface area contributed by atoms with Gasteiger partial charge in [0, 0.05) is 36.3 Å². The molecule has 0 heterocycles. The summed E-state index contributed by atoms with van der Waals surface area (Å²) in [7, 11) is -5.84. The Morgan fingerprint density at radius 3 is 1.67 bits per heavy atom. The van der Waals surface area contributed by atoms with Crippen LogP contribution in [0.2, 0.25) is 0 Å². The second-order valence-electron chi connectivity index (χ2n) is 10.1. The maximum absolute atomic E-state index is 14.0. The lowest BCUT2D eigenvalue weighted by Gasteiger charge is -2.24. The van der Waals surface area contributed by atoms with Crippen LogP contribution < -0.4 is 16.4 Å². The quantitative estimate of drug-likeness (QED) is 0.102. The molecule has 0 aromatic heterocycles. The third-order valence-corrected chi connectivity index (χ3v) is 7.65. The molecule has 0 bridgehead atoms. The van der Waals surface area contributed by atoms with Gasteiger partial charge in [-0.15, -0.1) is 0 Å². The van der Waals surface area contributed by atoms with Crippen LogP contribution in [0, 0.1) is 5.92 Å². The zero-order chi connectivity index (χ0) is 34.3. The Kier molecular flexibility index (Phi) is 12.0. The highest BCUT2D eigenvalue weighted by molar-refractivity contribution is 7.52. The van der Waals surface area contributed by atoms with E-state index in [0.717, 1.165) is 36.4 Å². The minimum absolute atomic E-state index is 0.102. The minimum Gasteiger partial charge on any atom is -0.481 e. The molecule has 0 saturated heterocycles. The molecule has 3 amide bonds. The monoisotopic (exact) mass is 663 g/mol. The Morgan fingerprint density at radius 1 is 0.800 bits per heavy atom. The predicted molar refractivity (Wildman–Crippen MR) is 147 cm³/mol. The zero-order valence-corrected chi connectivity index (χ0v) is 24.3. The molecule has 0 spiro atoms. The lowest BCUT2D eigenvalue weighted by atomic mass is 9.98. The van der Waals surface area contributed by atoms with Crippen LogP contribution in [0.3, 0.4) is 0 Å². The zero-order valence-electron chi connectivity index (χ0n) is 23.5. The number of carbonyl (C=O) groups excluding carboxylic acids is 3. The molecule has 0 aliphatic carbocycles. The van der Waals surface area contributed by atoms with Crippen molar-refractivity contribution in [3.63, 3.8) is 0 Å². The van der Waals surface area contributed by atoms with Crippen molar-refractivity contribution in [2.45, 2.75) is 56.3 Å². The highest BCUT2D eigenvalue weighted by atomic mass is 31.2. The van der Waals surface area contributed by atoms with Gasteiger partial charge in [-0.05, 0) is 17.5 Å². The Labute approximate surface area is 253 Å². The Bertz CT molecular complexity index is 1470.